The van der Waals surface area contributed by atoms with Crippen molar-refractivity contribution >= 4 is 5.69 Å². The summed E-state index contributed by atoms with van der Waals surface area (Å²) in [6.45, 7) is 4.62. The van der Waals surface area contributed by atoms with Gasteiger partial charge in [0.1, 0.15) is 0 Å². The number of benzene rings is 2. The van der Waals surface area contributed by atoms with Gasteiger partial charge >= 0.3 is 0 Å². The van der Waals surface area contributed by atoms with E-state index in [0.29, 0.717) is 6.54 Å². The number of aliphatic hydroxyl groups excluding tert-OH is 1. The average molecular weight is 241 g/mol. The zero-order valence-corrected chi connectivity index (χ0v) is 10.9. The average Bonchev–Trinajstić information content (AvgIpc) is 2.37. The van der Waals surface area contributed by atoms with Crippen molar-refractivity contribution in [3.05, 3.63) is 65.2 Å². The molecule has 0 aliphatic rings. The van der Waals surface area contributed by atoms with Crippen LogP contribution in [-0.4, -0.2) is 11.7 Å². The van der Waals surface area contributed by atoms with Crippen molar-refractivity contribution in [1.82, 2.24) is 0 Å². The Morgan fingerprint density at radius 2 is 1.72 bits per heavy atom. The van der Waals surface area contributed by atoms with Gasteiger partial charge in [0.25, 0.3) is 0 Å². The highest BCUT2D eigenvalue weighted by Crippen LogP contribution is 2.16. The Labute approximate surface area is 108 Å². The highest BCUT2D eigenvalue weighted by molar-refractivity contribution is 5.45. The molecular formula is C16H19NO. The number of hydrogen-bond donors (Lipinski definition) is 2. The van der Waals surface area contributed by atoms with Gasteiger partial charge in [-0.1, -0.05) is 42.0 Å². The maximum absolute atomic E-state index is 10.1. The van der Waals surface area contributed by atoms with Crippen LogP contribution in [0, 0.1) is 13.8 Å². The normalized spacial score (nSPS) is 12.2. The van der Waals surface area contributed by atoms with Crippen LogP contribution in [0.4, 0.5) is 5.69 Å². The van der Waals surface area contributed by atoms with E-state index in [1.165, 1.54) is 11.1 Å². The molecule has 0 radical (unpaired) electrons. The Balaban J connectivity index is 1.96. The van der Waals surface area contributed by atoms with Crippen molar-refractivity contribution in [2.45, 2.75) is 20.0 Å². The molecule has 2 aromatic rings. The third-order valence-corrected chi connectivity index (χ3v) is 2.98. The summed E-state index contributed by atoms with van der Waals surface area (Å²) in [5.41, 5.74) is 4.41. The van der Waals surface area contributed by atoms with E-state index in [0.717, 1.165) is 11.3 Å². The smallest absolute Gasteiger partial charge is 0.0962 e. The lowest BCUT2D eigenvalue weighted by Gasteiger charge is -2.13. The molecule has 1 atom stereocenters. The standard InChI is InChI=1S/C16H19NO/c1-12-6-8-14(9-7-12)16(18)11-17-15-5-3-4-13(2)10-15/h3-10,16-18H,11H2,1-2H3. The molecule has 0 aromatic heterocycles. The fourth-order valence-electron chi connectivity index (χ4n) is 1.88. The predicted molar refractivity (Wildman–Crippen MR) is 75.8 cm³/mol. The van der Waals surface area contributed by atoms with Crippen LogP contribution in [0.3, 0.4) is 0 Å². The Hall–Kier alpha value is -1.80. The second-order valence-electron chi connectivity index (χ2n) is 4.68. The van der Waals surface area contributed by atoms with Gasteiger partial charge in [-0.3, -0.25) is 0 Å². The molecule has 94 valence electrons. The number of nitrogens with one attached hydrogen (secondary N) is 1. The fraction of sp³-hybridized carbons (Fsp3) is 0.250. The Morgan fingerprint density at radius 3 is 2.39 bits per heavy atom. The summed E-state index contributed by atoms with van der Waals surface area (Å²) in [4.78, 5) is 0. The third kappa shape index (κ3) is 3.34. The highest BCUT2D eigenvalue weighted by Gasteiger charge is 2.06. The quantitative estimate of drug-likeness (QED) is 0.859. The van der Waals surface area contributed by atoms with Gasteiger partial charge in [-0.2, -0.15) is 0 Å². The van der Waals surface area contributed by atoms with Crippen molar-refractivity contribution in [3.63, 3.8) is 0 Å². The van der Waals surface area contributed by atoms with Gasteiger partial charge in [-0.25, -0.2) is 0 Å². The van der Waals surface area contributed by atoms with Crippen LogP contribution in [0.5, 0.6) is 0 Å². The first-order chi connectivity index (χ1) is 8.65. The maximum Gasteiger partial charge on any atom is 0.0962 e. The molecule has 2 N–H and O–H groups in total. The molecule has 2 heteroatoms. The number of aryl methyl sites for hydroxylation is 2. The zero-order valence-electron chi connectivity index (χ0n) is 10.9. The lowest BCUT2D eigenvalue weighted by Crippen LogP contribution is -2.12. The lowest BCUT2D eigenvalue weighted by molar-refractivity contribution is 0.191. The van der Waals surface area contributed by atoms with Crippen molar-refractivity contribution in [2.24, 2.45) is 0 Å². The van der Waals surface area contributed by atoms with E-state index in [2.05, 4.69) is 24.4 Å². The summed E-state index contributed by atoms with van der Waals surface area (Å²) < 4.78 is 0. The SMILES string of the molecule is Cc1ccc(C(O)CNc2cccc(C)c2)cc1. The van der Waals surface area contributed by atoms with Gasteiger partial charge < -0.3 is 10.4 Å². The molecule has 0 amide bonds. The van der Waals surface area contributed by atoms with Crippen molar-refractivity contribution < 1.29 is 5.11 Å². The van der Waals surface area contributed by atoms with E-state index in [1.54, 1.807) is 0 Å². The summed E-state index contributed by atoms with van der Waals surface area (Å²) in [7, 11) is 0. The summed E-state index contributed by atoms with van der Waals surface area (Å²) in [6.07, 6.45) is -0.480. The first-order valence-electron chi connectivity index (χ1n) is 6.20. The minimum absolute atomic E-state index is 0.480. The van der Waals surface area contributed by atoms with E-state index in [9.17, 15) is 5.11 Å². The first-order valence-corrected chi connectivity index (χ1v) is 6.20. The number of aliphatic hydroxyl groups is 1. The van der Waals surface area contributed by atoms with Crippen LogP contribution in [0.15, 0.2) is 48.5 Å². The highest BCUT2D eigenvalue weighted by atomic mass is 16.3. The third-order valence-electron chi connectivity index (χ3n) is 2.98. The van der Waals surface area contributed by atoms with Crippen LogP contribution in [0.1, 0.15) is 22.8 Å². The van der Waals surface area contributed by atoms with Crippen LogP contribution in [0.2, 0.25) is 0 Å². The van der Waals surface area contributed by atoms with Crippen LogP contribution < -0.4 is 5.32 Å². The second-order valence-corrected chi connectivity index (χ2v) is 4.68. The van der Waals surface area contributed by atoms with E-state index in [-0.39, 0.29) is 0 Å². The van der Waals surface area contributed by atoms with Crippen molar-refractivity contribution in [2.75, 3.05) is 11.9 Å². The molecule has 1 unspecified atom stereocenters. The van der Waals surface area contributed by atoms with Gasteiger partial charge in [-0.05, 0) is 37.1 Å². The fourth-order valence-corrected chi connectivity index (χ4v) is 1.88. The first kappa shape index (κ1) is 12.7. The minimum Gasteiger partial charge on any atom is -0.387 e. The van der Waals surface area contributed by atoms with Gasteiger partial charge in [0.05, 0.1) is 6.10 Å². The molecule has 0 aliphatic heterocycles. The molecule has 0 spiro atoms. The van der Waals surface area contributed by atoms with Gasteiger partial charge in [0.15, 0.2) is 0 Å². The van der Waals surface area contributed by atoms with Crippen LogP contribution >= 0.6 is 0 Å². The Morgan fingerprint density at radius 1 is 1.00 bits per heavy atom. The Bertz CT molecular complexity index is 505. The number of rotatable bonds is 4. The maximum atomic E-state index is 10.1. The molecule has 0 bridgehead atoms. The van der Waals surface area contributed by atoms with Gasteiger partial charge in [-0.15, -0.1) is 0 Å². The second kappa shape index (κ2) is 5.69. The van der Waals surface area contributed by atoms with Crippen molar-refractivity contribution in [3.8, 4) is 0 Å². The monoisotopic (exact) mass is 241 g/mol. The lowest BCUT2D eigenvalue weighted by atomic mass is 10.1. The summed E-state index contributed by atoms with van der Waals surface area (Å²) in [6, 6.07) is 16.1. The largest absolute Gasteiger partial charge is 0.387 e. The molecule has 0 aliphatic carbocycles. The van der Waals surface area contributed by atoms with E-state index in [4.69, 9.17) is 0 Å². The van der Waals surface area contributed by atoms with Crippen LogP contribution in [0.25, 0.3) is 0 Å². The molecule has 0 fully saturated rings. The summed E-state index contributed by atoms with van der Waals surface area (Å²) >= 11 is 0. The minimum atomic E-state index is -0.480. The van der Waals surface area contributed by atoms with Crippen LogP contribution in [-0.2, 0) is 0 Å². The molecule has 2 aromatic carbocycles. The molecule has 0 saturated heterocycles. The number of anilines is 1. The Kier molecular flexibility index (Phi) is 4.00. The topological polar surface area (TPSA) is 32.3 Å². The molecule has 0 saturated carbocycles. The predicted octanol–water partition coefficient (Wildman–Crippen LogP) is 3.45. The molecule has 0 heterocycles. The molecule has 2 nitrogen and oxygen atoms in total. The van der Waals surface area contributed by atoms with E-state index >= 15 is 0 Å². The van der Waals surface area contributed by atoms with E-state index < -0.39 is 6.10 Å². The summed E-state index contributed by atoms with van der Waals surface area (Å²) in [5, 5.41) is 13.3. The molecular weight excluding hydrogens is 222 g/mol. The van der Waals surface area contributed by atoms with Gasteiger partial charge in [0, 0.05) is 12.2 Å². The zero-order chi connectivity index (χ0) is 13.0. The van der Waals surface area contributed by atoms with E-state index in [1.807, 2.05) is 43.3 Å². The molecule has 18 heavy (non-hydrogen) atoms. The summed E-state index contributed by atoms with van der Waals surface area (Å²) in [5.74, 6) is 0. The number of hydrogen-bond acceptors (Lipinski definition) is 2. The van der Waals surface area contributed by atoms with Gasteiger partial charge in [0.2, 0.25) is 0 Å². The van der Waals surface area contributed by atoms with Crippen molar-refractivity contribution in [1.29, 1.82) is 0 Å². The molecule has 2 rings (SSSR count).